The Kier molecular flexibility index (Phi) is 4.27. The van der Waals surface area contributed by atoms with Crippen LogP contribution in [-0.2, 0) is 0 Å². The van der Waals surface area contributed by atoms with E-state index >= 15 is 0 Å². The van der Waals surface area contributed by atoms with Crippen LogP contribution in [0.1, 0.15) is 28.9 Å². The number of benzene rings is 1. The van der Waals surface area contributed by atoms with Gasteiger partial charge in [0, 0.05) is 16.9 Å². The van der Waals surface area contributed by atoms with E-state index in [2.05, 4.69) is 26.2 Å². The highest BCUT2D eigenvalue weighted by atomic mass is 79.9. The lowest BCUT2D eigenvalue weighted by atomic mass is 10.1. The fraction of sp³-hybridized carbons (Fsp3) is 0.143. The molecule has 0 fully saturated rings. The van der Waals surface area contributed by atoms with Gasteiger partial charge in [-0.2, -0.15) is 0 Å². The van der Waals surface area contributed by atoms with Crippen LogP contribution in [0.5, 0.6) is 0 Å². The zero-order chi connectivity index (χ0) is 13.8. The molecule has 2 aromatic rings. The van der Waals surface area contributed by atoms with Gasteiger partial charge in [-0.3, -0.25) is 9.78 Å². The largest absolute Gasteiger partial charge is 0.345 e. The monoisotopic (exact) mass is 322 g/mol. The van der Waals surface area contributed by atoms with Gasteiger partial charge in [-0.15, -0.1) is 0 Å². The number of nitrogens with zero attached hydrogens (tertiary/aromatic N) is 1. The number of pyridine rings is 1. The second kappa shape index (κ2) is 5.93. The maximum absolute atomic E-state index is 13.6. The summed E-state index contributed by atoms with van der Waals surface area (Å²) >= 11 is 3.22. The third-order valence-electron chi connectivity index (χ3n) is 2.71. The summed E-state index contributed by atoms with van der Waals surface area (Å²) in [5.74, 6) is -0.991. The fourth-order valence-corrected chi connectivity index (χ4v) is 2.02. The number of carbonyl (C=O) groups is 1. The van der Waals surface area contributed by atoms with Gasteiger partial charge in [-0.25, -0.2) is 4.39 Å². The number of rotatable bonds is 3. The second-order valence-corrected chi connectivity index (χ2v) is 5.02. The topological polar surface area (TPSA) is 42.0 Å². The van der Waals surface area contributed by atoms with Crippen LogP contribution in [0.3, 0.4) is 0 Å². The molecular weight excluding hydrogens is 311 g/mol. The summed E-state index contributed by atoms with van der Waals surface area (Å²) in [5, 5.41) is 2.74. The lowest BCUT2D eigenvalue weighted by Gasteiger charge is -2.14. The number of aromatic nitrogens is 1. The molecule has 5 heteroatoms. The van der Waals surface area contributed by atoms with Crippen LogP contribution in [0.2, 0.25) is 0 Å². The Morgan fingerprint density at radius 2 is 2.21 bits per heavy atom. The molecule has 3 nitrogen and oxygen atoms in total. The predicted molar refractivity (Wildman–Crippen MR) is 74.2 cm³/mol. The van der Waals surface area contributed by atoms with Crippen LogP contribution in [0, 0.1) is 5.82 Å². The van der Waals surface area contributed by atoms with Gasteiger partial charge in [0.05, 0.1) is 11.6 Å². The molecule has 0 radical (unpaired) electrons. The minimum absolute atomic E-state index is 0.0186. The first-order valence-corrected chi connectivity index (χ1v) is 6.53. The highest BCUT2D eigenvalue weighted by molar-refractivity contribution is 9.10. The van der Waals surface area contributed by atoms with E-state index in [0.717, 1.165) is 5.56 Å². The van der Waals surface area contributed by atoms with Crippen LogP contribution >= 0.6 is 15.9 Å². The van der Waals surface area contributed by atoms with E-state index in [9.17, 15) is 9.18 Å². The van der Waals surface area contributed by atoms with Crippen molar-refractivity contribution in [2.24, 2.45) is 0 Å². The molecule has 0 saturated heterocycles. The van der Waals surface area contributed by atoms with Crippen molar-refractivity contribution in [1.29, 1.82) is 0 Å². The van der Waals surface area contributed by atoms with Crippen molar-refractivity contribution in [3.8, 4) is 0 Å². The quantitative estimate of drug-likeness (QED) is 0.940. The Balaban J connectivity index is 2.15. The molecule has 1 atom stereocenters. The van der Waals surface area contributed by atoms with Crippen molar-refractivity contribution in [1.82, 2.24) is 10.3 Å². The molecule has 0 bridgehead atoms. The van der Waals surface area contributed by atoms with Crippen LogP contribution in [0.25, 0.3) is 0 Å². The first-order chi connectivity index (χ1) is 9.08. The summed E-state index contributed by atoms with van der Waals surface area (Å²) in [6, 6.07) is 7.68. The predicted octanol–water partition coefficient (Wildman–Crippen LogP) is 3.47. The SMILES string of the molecule is CC(NC(=O)c1cc(Br)ccc1F)c1cccnc1. The van der Waals surface area contributed by atoms with Crippen molar-refractivity contribution in [3.63, 3.8) is 0 Å². The molecule has 0 aliphatic rings. The van der Waals surface area contributed by atoms with Gasteiger partial charge >= 0.3 is 0 Å². The van der Waals surface area contributed by atoms with Crippen molar-refractivity contribution < 1.29 is 9.18 Å². The molecule has 0 saturated carbocycles. The molecule has 1 aromatic carbocycles. The van der Waals surface area contributed by atoms with E-state index in [-0.39, 0.29) is 11.6 Å². The normalized spacial score (nSPS) is 11.9. The van der Waals surface area contributed by atoms with Crippen LogP contribution < -0.4 is 5.32 Å². The third-order valence-corrected chi connectivity index (χ3v) is 3.20. The molecule has 0 aliphatic carbocycles. The Bertz CT molecular complexity index is 589. The van der Waals surface area contributed by atoms with Crippen molar-refractivity contribution in [2.45, 2.75) is 13.0 Å². The Hall–Kier alpha value is -1.75. The maximum Gasteiger partial charge on any atom is 0.254 e. The summed E-state index contributed by atoms with van der Waals surface area (Å²) in [6.45, 7) is 1.82. The molecule has 1 unspecified atom stereocenters. The van der Waals surface area contributed by atoms with Crippen LogP contribution in [0.15, 0.2) is 47.2 Å². The van der Waals surface area contributed by atoms with Gasteiger partial charge in [-0.1, -0.05) is 22.0 Å². The van der Waals surface area contributed by atoms with Crippen molar-refractivity contribution in [3.05, 3.63) is 64.1 Å². The fourth-order valence-electron chi connectivity index (χ4n) is 1.66. The highest BCUT2D eigenvalue weighted by Crippen LogP contribution is 2.17. The lowest BCUT2D eigenvalue weighted by molar-refractivity contribution is 0.0935. The third kappa shape index (κ3) is 3.38. The van der Waals surface area contributed by atoms with Crippen LogP contribution in [0.4, 0.5) is 4.39 Å². The smallest absolute Gasteiger partial charge is 0.254 e. The molecular formula is C14H12BrFN2O. The second-order valence-electron chi connectivity index (χ2n) is 4.11. The van der Waals surface area contributed by atoms with Gasteiger partial charge < -0.3 is 5.32 Å². The van der Waals surface area contributed by atoms with Gasteiger partial charge in [0.2, 0.25) is 0 Å². The van der Waals surface area contributed by atoms with Crippen molar-refractivity contribution in [2.75, 3.05) is 0 Å². The number of hydrogen-bond donors (Lipinski definition) is 1. The molecule has 1 amide bonds. The average Bonchev–Trinajstić information content (AvgIpc) is 2.42. The summed E-state index contributed by atoms with van der Waals surface area (Å²) in [6.07, 6.45) is 3.33. The summed E-state index contributed by atoms with van der Waals surface area (Å²) in [4.78, 5) is 16.0. The van der Waals surface area contributed by atoms with E-state index < -0.39 is 11.7 Å². The van der Waals surface area contributed by atoms with Crippen LogP contribution in [-0.4, -0.2) is 10.9 Å². The first kappa shape index (κ1) is 13.7. The Morgan fingerprint density at radius 3 is 2.89 bits per heavy atom. The number of amides is 1. The van der Waals surface area contributed by atoms with Gasteiger partial charge in [0.25, 0.3) is 5.91 Å². The van der Waals surface area contributed by atoms with E-state index in [1.165, 1.54) is 12.1 Å². The molecule has 2 rings (SSSR count). The van der Waals surface area contributed by atoms with Gasteiger partial charge in [0.1, 0.15) is 5.82 Å². The van der Waals surface area contributed by atoms with Gasteiger partial charge in [0.15, 0.2) is 0 Å². The van der Waals surface area contributed by atoms with Gasteiger partial charge in [-0.05, 0) is 36.8 Å². The summed E-state index contributed by atoms with van der Waals surface area (Å²) in [7, 11) is 0. The zero-order valence-corrected chi connectivity index (χ0v) is 11.8. The minimum atomic E-state index is -0.543. The standard InChI is InChI=1S/C14H12BrFN2O/c1-9(10-3-2-6-17-8-10)18-14(19)12-7-11(15)4-5-13(12)16/h2-9H,1H3,(H,18,19). The average molecular weight is 323 g/mol. The molecule has 0 aliphatic heterocycles. The molecule has 1 N–H and O–H groups in total. The van der Waals surface area contributed by atoms with E-state index in [4.69, 9.17) is 0 Å². The van der Waals surface area contributed by atoms with Crippen molar-refractivity contribution >= 4 is 21.8 Å². The zero-order valence-electron chi connectivity index (χ0n) is 10.2. The maximum atomic E-state index is 13.6. The first-order valence-electron chi connectivity index (χ1n) is 5.74. The van der Waals surface area contributed by atoms with E-state index in [1.54, 1.807) is 24.5 Å². The summed E-state index contributed by atoms with van der Waals surface area (Å²) in [5.41, 5.74) is 0.886. The Labute approximate surface area is 119 Å². The molecule has 1 aromatic heterocycles. The molecule has 1 heterocycles. The number of halogens is 2. The van der Waals surface area contributed by atoms with E-state index in [1.807, 2.05) is 13.0 Å². The Morgan fingerprint density at radius 1 is 1.42 bits per heavy atom. The molecule has 19 heavy (non-hydrogen) atoms. The lowest BCUT2D eigenvalue weighted by Crippen LogP contribution is -2.27. The highest BCUT2D eigenvalue weighted by Gasteiger charge is 2.15. The minimum Gasteiger partial charge on any atom is -0.345 e. The molecule has 98 valence electrons. The number of hydrogen-bond acceptors (Lipinski definition) is 2. The number of nitrogens with one attached hydrogen (secondary N) is 1. The summed E-state index contributed by atoms with van der Waals surface area (Å²) < 4.78 is 14.2. The number of carbonyl (C=O) groups excluding carboxylic acids is 1. The molecule has 0 spiro atoms. The van der Waals surface area contributed by atoms with E-state index in [0.29, 0.717) is 4.47 Å².